The molecule has 0 nitrogen and oxygen atoms in total. The molecule has 0 aliphatic carbocycles. The van der Waals surface area contributed by atoms with Crippen molar-refractivity contribution in [1.29, 1.82) is 0 Å². The van der Waals surface area contributed by atoms with Gasteiger partial charge in [-0.1, -0.05) is 171 Å². The summed E-state index contributed by atoms with van der Waals surface area (Å²) < 4.78 is 0. The van der Waals surface area contributed by atoms with Crippen LogP contribution in [0.5, 0.6) is 0 Å². The van der Waals surface area contributed by atoms with E-state index in [0.717, 1.165) is 0 Å². The summed E-state index contributed by atoms with van der Waals surface area (Å²) in [5, 5.41) is 21.2. The zero-order valence-corrected chi connectivity index (χ0v) is 28.3. The van der Waals surface area contributed by atoms with Gasteiger partial charge in [0.2, 0.25) is 0 Å². The number of hydrogen-bond donors (Lipinski definition) is 0. The van der Waals surface area contributed by atoms with Crippen molar-refractivity contribution >= 4 is 86.2 Å². The molecule has 0 unspecified atom stereocenters. The summed E-state index contributed by atoms with van der Waals surface area (Å²) >= 11 is 0. The molecular formula is C53H34. The molecule has 0 saturated carbocycles. The van der Waals surface area contributed by atoms with Crippen LogP contribution in [0, 0.1) is 0 Å². The minimum Gasteiger partial charge on any atom is -0.0776 e. The van der Waals surface area contributed by atoms with Gasteiger partial charge >= 0.3 is 0 Å². The van der Waals surface area contributed by atoms with Gasteiger partial charge in [-0.05, 0) is 138 Å². The first-order valence-corrected chi connectivity index (χ1v) is 18.2. The van der Waals surface area contributed by atoms with E-state index < -0.39 is 0 Å². The molecule has 0 spiro atoms. The second-order valence-electron chi connectivity index (χ2n) is 14.3. The Balaban J connectivity index is 0.00000331. The summed E-state index contributed by atoms with van der Waals surface area (Å²) in [5.41, 5.74) is 7.62. The van der Waals surface area contributed by atoms with Gasteiger partial charge in [0, 0.05) is 0 Å². The van der Waals surface area contributed by atoms with E-state index >= 15 is 0 Å². The van der Waals surface area contributed by atoms with Gasteiger partial charge in [0.05, 0.1) is 0 Å². The maximum Gasteiger partial charge on any atom is -0.000697 e. The molecule has 0 aromatic heterocycles. The van der Waals surface area contributed by atoms with Crippen molar-refractivity contribution < 1.29 is 0 Å². The highest BCUT2D eigenvalue weighted by atomic mass is 14.3. The molecule has 0 amide bonds. The molecule has 246 valence electrons. The van der Waals surface area contributed by atoms with Crippen LogP contribution in [-0.2, 0) is 0 Å². The zero-order chi connectivity index (χ0) is 33.9. The summed E-state index contributed by atoms with van der Waals surface area (Å²) in [6.45, 7) is 0. The lowest BCUT2D eigenvalue weighted by Crippen LogP contribution is -1.91. The van der Waals surface area contributed by atoms with Crippen LogP contribution in [0.25, 0.3) is 120 Å². The fraction of sp³-hybridized carbons (Fsp3) is 0.0189. The standard InChI is InChI=1S/C52H30.CH4/c1-4-14-31(15-5-1)34-26-27-35-29-44-49-39(42(35)28-34)23-13-25-41(49)51-46(32-16-6-2-7-17-32)45-30-43-37-21-11-10-20-36(37)38-22-12-24-40(48(38)43)50(45)47(52(44)51)33-18-8-3-9-19-33;/h1-30H;1H4. The number of hydrogen-bond acceptors (Lipinski definition) is 0. The van der Waals surface area contributed by atoms with Crippen LogP contribution in [0.15, 0.2) is 182 Å². The maximum atomic E-state index is 2.52. The van der Waals surface area contributed by atoms with E-state index in [2.05, 4.69) is 182 Å². The summed E-state index contributed by atoms with van der Waals surface area (Å²) in [4.78, 5) is 0. The van der Waals surface area contributed by atoms with Crippen molar-refractivity contribution in [2.24, 2.45) is 0 Å². The van der Waals surface area contributed by atoms with Gasteiger partial charge < -0.3 is 0 Å². The first-order valence-electron chi connectivity index (χ1n) is 18.2. The molecule has 0 heterocycles. The number of benzene rings is 10. The van der Waals surface area contributed by atoms with E-state index in [1.807, 2.05) is 0 Å². The molecule has 0 aliphatic heterocycles. The van der Waals surface area contributed by atoms with Gasteiger partial charge in [0.15, 0.2) is 0 Å². The maximum absolute atomic E-state index is 2.52. The Morgan fingerprint density at radius 2 is 0.698 bits per heavy atom. The molecule has 0 heteroatoms. The van der Waals surface area contributed by atoms with Crippen LogP contribution in [-0.4, -0.2) is 0 Å². The molecule has 0 bridgehead atoms. The molecule has 0 fully saturated rings. The van der Waals surface area contributed by atoms with Crippen LogP contribution in [0.3, 0.4) is 0 Å². The fourth-order valence-corrected chi connectivity index (χ4v) is 9.61. The molecule has 0 N–H and O–H groups in total. The third kappa shape index (κ3) is 4.01. The Hall–Kier alpha value is -6.76. The predicted octanol–water partition coefficient (Wildman–Crippen LogP) is 15.4. The van der Waals surface area contributed by atoms with Gasteiger partial charge in [-0.25, -0.2) is 0 Å². The molecule has 0 saturated heterocycles. The molecule has 0 aliphatic rings. The molecule has 12 aromatic rings. The molecule has 12 rings (SSSR count). The van der Waals surface area contributed by atoms with E-state index in [-0.39, 0.29) is 7.43 Å². The van der Waals surface area contributed by atoms with Crippen LogP contribution in [0.1, 0.15) is 7.43 Å². The van der Waals surface area contributed by atoms with Crippen LogP contribution in [0.2, 0.25) is 0 Å². The molecule has 0 radical (unpaired) electrons. The van der Waals surface area contributed by atoms with Gasteiger partial charge in [0.1, 0.15) is 0 Å². The quantitative estimate of drug-likeness (QED) is 0.164. The normalized spacial score (nSPS) is 12.0. The van der Waals surface area contributed by atoms with Crippen molar-refractivity contribution in [3.63, 3.8) is 0 Å². The topological polar surface area (TPSA) is 0 Å². The Labute approximate surface area is 307 Å². The second kappa shape index (κ2) is 11.1. The van der Waals surface area contributed by atoms with Gasteiger partial charge in [-0.2, -0.15) is 0 Å². The first-order chi connectivity index (χ1) is 25.8. The Morgan fingerprint density at radius 1 is 0.208 bits per heavy atom. The van der Waals surface area contributed by atoms with Gasteiger partial charge in [-0.15, -0.1) is 0 Å². The predicted molar refractivity (Wildman–Crippen MR) is 232 cm³/mol. The highest BCUT2D eigenvalue weighted by Crippen LogP contribution is 2.55. The van der Waals surface area contributed by atoms with Gasteiger partial charge in [0.25, 0.3) is 0 Å². The van der Waals surface area contributed by atoms with Gasteiger partial charge in [-0.3, -0.25) is 0 Å². The fourth-order valence-electron chi connectivity index (χ4n) is 9.61. The summed E-state index contributed by atoms with van der Waals surface area (Å²) in [6, 6.07) is 67.9. The van der Waals surface area contributed by atoms with Crippen LogP contribution in [0.4, 0.5) is 0 Å². The van der Waals surface area contributed by atoms with Crippen molar-refractivity contribution in [1.82, 2.24) is 0 Å². The molecule has 53 heavy (non-hydrogen) atoms. The van der Waals surface area contributed by atoms with Crippen molar-refractivity contribution in [3.8, 4) is 33.4 Å². The lowest BCUT2D eigenvalue weighted by atomic mass is 9.84. The summed E-state index contributed by atoms with van der Waals surface area (Å²) in [5.74, 6) is 0. The smallest absolute Gasteiger partial charge is 0.000697 e. The lowest BCUT2D eigenvalue weighted by Gasteiger charge is -2.19. The average molecular weight is 671 g/mol. The lowest BCUT2D eigenvalue weighted by molar-refractivity contribution is 1.65. The van der Waals surface area contributed by atoms with Crippen molar-refractivity contribution in [3.05, 3.63) is 182 Å². The van der Waals surface area contributed by atoms with E-state index in [4.69, 9.17) is 0 Å². The Morgan fingerprint density at radius 3 is 1.38 bits per heavy atom. The third-order valence-electron chi connectivity index (χ3n) is 11.7. The van der Waals surface area contributed by atoms with E-state index in [1.54, 1.807) is 0 Å². The van der Waals surface area contributed by atoms with Crippen molar-refractivity contribution in [2.75, 3.05) is 0 Å². The number of fused-ring (bicyclic) bond motifs is 10. The molecular weight excluding hydrogens is 637 g/mol. The van der Waals surface area contributed by atoms with E-state index in [9.17, 15) is 0 Å². The molecule has 0 atom stereocenters. The number of rotatable bonds is 3. The van der Waals surface area contributed by atoms with E-state index in [1.165, 1.54) is 120 Å². The third-order valence-corrected chi connectivity index (χ3v) is 11.7. The monoisotopic (exact) mass is 670 g/mol. The Bertz CT molecular complexity index is 3360. The highest BCUT2D eigenvalue weighted by molar-refractivity contribution is 6.46. The summed E-state index contributed by atoms with van der Waals surface area (Å²) in [6.07, 6.45) is 0. The minimum absolute atomic E-state index is 0. The van der Waals surface area contributed by atoms with Crippen LogP contribution >= 0.6 is 0 Å². The second-order valence-corrected chi connectivity index (χ2v) is 14.3. The summed E-state index contributed by atoms with van der Waals surface area (Å²) in [7, 11) is 0. The largest absolute Gasteiger partial charge is 0.0776 e. The SMILES string of the molecule is C.c1ccc(-c2ccc3cc4c5c(-c6ccccc6)c6c(cc7c8ccccc8c8cccc6c87)c(-c6ccccc6)c5c5cccc(c3c2)c54)cc1. The first kappa shape index (κ1) is 29.9. The van der Waals surface area contributed by atoms with Crippen LogP contribution < -0.4 is 0 Å². The van der Waals surface area contributed by atoms with E-state index in [0.29, 0.717) is 0 Å². The highest BCUT2D eigenvalue weighted by Gasteiger charge is 2.26. The Kier molecular flexibility index (Phi) is 6.28. The van der Waals surface area contributed by atoms with Crippen molar-refractivity contribution in [2.45, 2.75) is 7.43 Å². The average Bonchev–Trinajstić information content (AvgIpc) is 3.72. The molecule has 12 aromatic carbocycles. The minimum atomic E-state index is 0. The zero-order valence-electron chi connectivity index (χ0n) is 28.3.